The lowest BCUT2D eigenvalue weighted by atomic mass is 10.0. The Morgan fingerprint density at radius 2 is 1.65 bits per heavy atom. The van der Waals surface area contributed by atoms with Crippen molar-refractivity contribution < 1.29 is 39.6 Å². The Labute approximate surface area is 147 Å². The summed E-state index contributed by atoms with van der Waals surface area (Å²) in [5, 5.41) is 1.44. The molecule has 0 unspecified atom stereocenters. The van der Waals surface area contributed by atoms with Gasteiger partial charge in [-0.25, -0.2) is 13.1 Å². The molecule has 2 rings (SSSR count). The molecule has 2 aromatic rings. The zero-order valence-electron chi connectivity index (χ0n) is 12.7. The molecule has 0 spiro atoms. The fourth-order valence-electron chi connectivity index (χ4n) is 1.93. The van der Waals surface area contributed by atoms with Gasteiger partial charge in [0.15, 0.2) is 0 Å². The lowest BCUT2D eigenvalue weighted by Gasteiger charge is -2.15. The molecule has 1 aromatic carbocycles. The van der Waals surface area contributed by atoms with Crippen LogP contribution >= 0.6 is 11.3 Å². The first kappa shape index (κ1) is 20.2. The van der Waals surface area contributed by atoms with Crippen LogP contribution in [0.15, 0.2) is 33.9 Å². The molecule has 0 radical (unpaired) electrons. The van der Waals surface area contributed by atoms with Gasteiger partial charge in [-0.05, 0) is 42.1 Å². The number of alkyl halides is 6. The van der Waals surface area contributed by atoms with Crippen molar-refractivity contribution in [1.82, 2.24) is 4.72 Å². The molecular formula is C14H9F6NO3S2. The average Bonchev–Trinajstić information content (AvgIpc) is 2.92. The molecule has 1 N–H and O–H groups in total. The quantitative estimate of drug-likeness (QED) is 0.761. The molecule has 0 aliphatic heterocycles. The van der Waals surface area contributed by atoms with Crippen molar-refractivity contribution in [3.05, 3.63) is 51.9 Å². The van der Waals surface area contributed by atoms with Crippen LogP contribution in [-0.2, 0) is 22.4 Å². The van der Waals surface area contributed by atoms with Crippen LogP contribution < -0.4 is 4.72 Å². The highest BCUT2D eigenvalue weighted by Gasteiger charge is 2.40. The third-order valence-corrected chi connectivity index (χ3v) is 5.98. The maximum atomic E-state index is 13.0. The molecule has 26 heavy (non-hydrogen) atoms. The van der Waals surface area contributed by atoms with Crippen molar-refractivity contribution in [3.8, 4) is 0 Å². The summed E-state index contributed by atoms with van der Waals surface area (Å²) in [5.41, 5.74) is -4.18. The molecule has 0 bridgehead atoms. The van der Waals surface area contributed by atoms with Crippen LogP contribution in [0, 0.1) is 6.92 Å². The van der Waals surface area contributed by atoms with E-state index in [1.54, 1.807) is 6.92 Å². The summed E-state index contributed by atoms with van der Waals surface area (Å²) in [5.74, 6) is -1.68. The number of nitrogens with one attached hydrogen (secondary N) is 1. The van der Waals surface area contributed by atoms with Crippen LogP contribution in [0.2, 0.25) is 0 Å². The predicted octanol–water partition coefficient (Wildman–Crippen LogP) is 4.21. The van der Waals surface area contributed by atoms with Gasteiger partial charge in [-0.3, -0.25) is 4.79 Å². The van der Waals surface area contributed by atoms with E-state index in [4.69, 9.17) is 0 Å². The minimum absolute atomic E-state index is 0.239. The first-order valence-corrected chi connectivity index (χ1v) is 8.99. The standard InChI is InChI=1S/C14H9F6NO3S2/c1-7-4-11(25-6-7)26(23,24)21-12(22)9-3-2-8(13(15,16)17)5-10(9)14(18,19)20/h2-6H,1H3,(H,21,22). The number of halogens is 6. The maximum Gasteiger partial charge on any atom is 0.417 e. The number of carbonyl (C=O) groups is 1. The molecular weight excluding hydrogens is 408 g/mol. The Morgan fingerprint density at radius 1 is 1.04 bits per heavy atom. The van der Waals surface area contributed by atoms with Gasteiger partial charge in [-0.2, -0.15) is 26.3 Å². The van der Waals surface area contributed by atoms with E-state index in [1.807, 2.05) is 0 Å². The predicted molar refractivity (Wildman–Crippen MR) is 80.2 cm³/mol. The summed E-state index contributed by atoms with van der Waals surface area (Å²) in [7, 11) is -4.46. The van der Waals surface area contributed by atoms with Crippen LogP contribution in [0.3, 0.4) is 0 Å². The minimum Gasteiger partial charge on any atom is -0.268 e. The highest BCUT2D eigenvalue weighted by atomic mass is 32.2. The van der Waals surface area contributed by atoms with E-state index in [-0.39, 0.29) is 22.4 Å². The largest absolute Gasteiger partial charge is 0.417 e. The number of amides is 1. The van der Waals surface area contributed by atoms with Crippen LogP contribution in [0.1, 0.15) is 27.0 Å². The molecule has 1 aromatic heterocycles. The van der Waals surface area contributed by atoms with E-state index < -0.39 is 45.0 Å². The lowest BCUT2D eigenvalue weighted by Crippen LogP contribution is -2.32. The first-order chi connectivity index (χ1) is 11.7. The van der Waals surface area contributed by atoms with Gasteiger partial charge in [0.25, 0.3) is 15.9 Å². The third-order valence-electron chi connectivity index (χ3n) is 3.10. The molecule has 0 saturated heterocycles. The highest BCUT2D eigenvalue weighted by Crippen LogP contribution is 2.37. The second-order valence-corrected chi connectivity index (χ2v) is 7.95. The topological polar surface area (TPSA) is 63.2 Å². The number of rotatable bonds is 3. The molecule has 0 atom stereocenters. The number of sulfonamides is 1. The van der Waals surface area contributed by atoms with Crippen molar-refractivity contribution in [1.29, 1.82) is 0 Å². The van der Waals surface area contributed by atoms with E-state index in [2.05, 4.69) is 0 Å². The number of benzene rings is 1. The highest BCUT2D eigenvalue weighted by molar-refractivity contribution is 7.92. The lowest BCUT2D eigenvalue weighted by molar-refractivity contribution is -0.143. The molecule has 0 saturated carbocycles. The molecule has 12 heteroatoms. The Balaban J connectivity index is 2.46. The number of aryl methyl sites for hydroxylation is 1. The molecule has 0 fully saturated rings. The SMILES string of the molecule is Cc1csc(S(=O)(=O)NC(=O)c2ccc(C(F)(F)F)cc2C(F)(F)F)c1. The zero-order chi connectivity index (χ0) is 19.9. The van der Waals surface area contributed by atoms with Gasteiger partial charge in [-0.15, -0.1) is 11.3 Å². The Kier molecular flexibility index (Phi) is 5.12. The second-order valence-electron chi connectivity index (χ2n) is 5.13. The van der Waals surface area contributed by atoms with Crippen molar-refractivity contribution >= 4 is 27.3 Å². The summed E-state index contributed by atoms with van der Waals surface area (Å²) < 4.78 is 102. The van der Waals surface area contributed by atoms with E-state index in [0.29, 0.717) is 5.56 Å². The number of thiophene rings is 1. The van der Waals surface area contributed by atoms with Gasteiger partial charge in [0.1, 0.15) is 4.21 Å². The minimum atomic E-state index is -5.29. The van der Waals surface area contributed by atoms with E-state index in [0.717, 1.165) is 11.3 Å². The van der Waals surface area contributed by atoms with Crippen LogP contribution in [-0.4, -0.2) is 14.3 Å². The first-order valence-electron chi connectivity index (χ1n) is 6.62. The van der Waals surface area contributed by atoms with Crippen molar-refractivity contribution in [2.24, 2.45) is 0 Å². The van der Waals surface area contributed by atoms with Crippen LogP contribution in [0.5, 0.6) is 0 Å². The summed E-state index contributed by atoms with van der Waals surface area (Å²) >= 11 is 0.736. The zero-order valence-corrected chi connectivity index (χ0v) is 14.3. The van der Waals surface area contributed by atoms with Crippen LogP contribution in [0.25, 0.3) is 0 Å². The van der Waals surface area contributed by atoms with Crippen molar-refractivity contribution in [2.75, 3.05) is 0 Å². The van der Waals surface area contributed by atoms with Crippen molar-refractivity contribution in [2.45, 2.75) is 23.5 Å². The van der Waals surface area contributed by atoms with Gasteiger partial charge in [0.2, 0.25) is 0 Å². The Bertz CT molecular complexity index is 944. The van der Waals surface area contributed by atoms with E-state index in [1.165, 1.54) is 16.2 Å². The second kappa shape index (κ2) is 6.58. The average molecular weight is 417 g/mol. The van der Waals surface area contributed by atoms with Gasteiger partial charge in [-0.1, -0.05) is 0 Å². The fourth-order valence-corrected chi connectivity index (χ4v) is 4.12. The number of hydrogen-bond donors (Lipinski definition) is 1. The molecule has 1 amide bonds. The van der Waals surface area contributed by atoms with Gasteiger partial charge in [0.05, 0.1) is 16.7 Å². The Hall–Kier alpha value is -2.08. The molecule has 4 nitrogen and oxygen atoms in total. The fraction of sp³-hybridized carbons (Fsp3) is 0.214. The smallest absolute Gasteiger partial charge is 0.268 e. The van der Waals surface area contributed by atoms with Gasteiger partial charge < -0.3 is 0 Å². The number of hydrogen-bond acceptors (Lipinski definition) is 4. The van der Waals surface area contributed by atoms with E-state index >= 15 is 0 Å². The van der Waals surface area contributed by atoms with Gasteiger partial charge in [0, 0.05) is 0 Å². The van der Waals surface area contributed by atoms with Crippen LogP contribution in [0.4, 0.5) is 26.3 Å². The summed E-state index contributed by atoms with van der Waals surface area (Å²) in [4.78, 5) is 12.0. The molecule has 0 aliphatic rings. The molecule has 1 heterocycles. The summed E-state index contributed by atoms with van der Waals surface area (Å²) in [6.07, 6.45) is -10.4. The van der Waals surface area contributed by atoms with E-state index in [9.17, 15) is 39.6 Å². The monoisotopic (exact) mass is 417 g/mol. The summed E-state index contributed by atoms with van der Waals surface area (Å²) in [6, 6.07) is 1.51. The maximum absolute atomic E-state index is 13.0. The molecule has 0 aliphatic carbocycles. The molecule has 142 valence electrons. The number of carbonyl (C=O) groups excluding carboxylic acids is 1. The Morgan fingerprint density at radius 3 is 2.12 bits per heavy atom. The summed E-state index contributed by atoms with van der Waals surface area (Å²) in [6.45, 7) is 1.56. The normalized spacial score (nSPS) is 12.9. The van der Waals surface area contributed by atoms with Gasteiger partial charge >= 0.3 is 12.4 Å². The third kappa shape index (κ3) is 4.36. The van der Waals surface area contributed by atoms with Crippen molar-refractivity contribution in [3.63, 3.8) is 0 Å².